The van der Waals surface area contributed by atoms with Crippen LogP contribution in [0.2, 0.25) is 0 Å². The van der Waals surface area contributed by atoms with E-state index in [0.717, 1.165) is 19.5 Å². The normalized spacial score (nSPS) is 22.2. The zero-order valence-corrected chi connectivity index (χ0v) is 9.92. The fourth-order valence-electron chi connectivity index (χ4n) is 2.51. The quantitative estimate of drug-likeness (QED) is 0.860. The second-order valence-corrected chi connectivity index (χ2v) is 4.62. The van der Waals surface area contributed by atoms with Crippen LogP contribution in [-0.4, -0.2) is 29.7 Å². The minimum absolute atomic E-state index is 0.178. The highest BCUT2D eigenvalue weighted by atomic mass is 16.3. The standard InChI is InChI=1S/C14H18N2O/c15-8-6-14(13-4-2-1-3-5-13)16-9-7-12(10-16)11-17/h1-5,12,14,17H,6-7,9-11H2. The molecule has 3 nitrogen and oxygen atoms in total. The summed E-state index contributed by atoms with van der Waals surface area (Å²) in [6.45, 7) is 2.13. The fraction of sp³-hybridized carbons (Fsp3) is 0.500. The third-order valence-electron chi connectivity index (χ3n) is 3.49. The second kappa shape index (κ2) is 5.81. The molecule has 2 rings (SSSR count). The fourth-order valence-corrected chi connectivity index (χ4v) is 2.51. The number of hydrogen-bond acceptors (Lipinski definition) is 3. The van der Waals surface area contributed by atoms with Crippen LogP contribution in [0.5, 0.6) is 0 Å². The zero-order chi connectivity index (χ0) is 12.1. The number of likely N-dealkylation sites (tertiary alicyclic amines) is 1. The third-order valence-corrected chi connectivity index (χ3v) is 3.49. The molecule has 1 fully saturated rings. The molecule has 1 heterocycles. The Morgan fingerprint density at radius 1 is 1.41 bits per heavy atom. The van der Waals surface area contributed by atoms with Crippen molar-refractivity contribution >= 4 is 0 Å². The first kappa shape index (κ1) is 12.1. The molecule has 2 unspecified atom stereocenters. The Kier molecular flexibility index (Phi) is 4.13. The molecular weight excluding hydrogens is 212 g/mol. The van der Waals surface area contributed by atoms with E-state index in [0.29, 0.717) is 12.3 Å². The molecule has 1 aromatic carbocycles. The van der Waals surface area contributed by atoms with E-state index >= 15 is 0 Å². The molecule has 2 atom stereocenters. The van der Waals surface area contributed by atoms with Gasteiger partial charge in [0.05, 0.1) is 12.5 Å². The van der Waals surface area contributed by atoms with E-state index in [1.54, 1.807) is 0 Å². The van der Waals surface area contributed by atoms with Gasteiger partial charge in [-0.25, -0.2) is 0 Å². The molecule has 0 amide bonds. The summed E-state index contributed by atoms with van der Waals surface area (Å²) in [5, 5.41) is 18.1. The topological polar surface area (TPSA) is 47.3 Å². The van der Waals surface area contributed by atoms with Gasteiger partial charge in [0.25, 0.3) is 0 Å². The van der Waals surface area contributed by atoms with Crippen molar-refractivity contribution in [1.82, 2.24) is 4.90 Å². The van der Waals surface area contributed by atoms with Gasteiger partial charge in [-0.2, -0.15) is 5.26 Å². The van der Waals surface area contributed by atoms with Gasteiger partial charge in [0.15, 0.2) is 0 Å². The average Bonchev–Trinajstić information content (AvgIpc) is 2.85. The summed E-state index contributed by atoms with van der Waals surface area (Å²) in [5.74, 6) is 0.375. The van der Waals surface area contributed by atoms with E-state index < -0.39 is 0 Å². The van der Waals surface area contributed by atoms with E-state index in [1.807, 2.05) is 18.2 Å². The van der Waals surface area contributed by atoms with Crippen LogP contribution in [-0.2, 0) is 0 Å². The maximum atomic E-state index is 9.17. The van der Waals surface area contributed by atoms with Crippen LogP contribution in [0.25, 0.3) is 0 Å². The number of aliphatic hydroxyl groups excluding tert-OH is 1. The number of rotatable bonds is 4. The van der Waals surface area contributed by atoms with Crippen molar-refractivity contribution in [2.75, 3.05) is 19.7 Å². The molecule has 0 aromatic heterocycles. The van der Waals surface area contributed by atoms with E-state index in [-0.39, 0.29) is 12.6 Å². The lowest BCUT2D eigenvalue weighted by molar-refractivity contribution is 0.199. The van der Waals surface area contributed by atoms with Crippen LogP contribution in [0, 0.1) is 17.2 Å². The molecule has 0 saturated carbocycles. The molecular formula is C14H18N2O. The van der Waals surface area contributed by atoms with Crippen LogP contribution < -0.4 is 0 Å². The van der Waals surface area contributed by atoms with Crippen LogP contribution in [0.4, 0.5) is 0 Å². The van der Waals surface area contributed by atoms with E-state index in [4.69, 9.17) is 5.26 Å². The van der Waals surface area contributed by atoms with Gasteiger partial charge in [-0.05, 0) is 24.4 Å². The highest BCUT2D eigenvalue weighted by molar-refractivity contribution is 5.20. The van der Waals surface area contributed by atoms with Gasteiger partial charge in [-0.1, -0.05) is 30.3 Å². The van der Waals surface area contributed by atoms with Crippen LogP contribution in [0.15, 0.2) is 30.3 Å². The Hall–Kier alpha value is -1.37. The van der Waals surface area contributed by atoms with Gasteiger partial charge in [-0.15, -0.1) is 0 Å². The lowest BCUT2D eigenvalue weighted by Gasteiger charge is -2.26. The minimum Gasteiger partial charge on any atom is -0.396 e. The second-order valence-electron chi connectivity index (χ2n) is 4.62. The predicted molar refractivity (Wildman–Crippen MR) is 66.2 cm³/mol. The number of nitrogens with zero attached hydrogens (tertiary/aromatic N) is 2. The largest absolute Gasteiger partial charge is 0.396 e. The number of nitriles is 1. The van der Waals surface area contributed by atoms with Gasteiger partial charge in [-0.3, -0.25) is 4.90 Å². The molecule has 3 heteroatoms. The molecule has 90 valence electrons. The Labute approximate surface area is 102 Å². The molecule has 1 aromatic rings. The van der Waals surface area contributed by atoms with Crippen LogP contribution >= 0.6 is 0 Å². The van der Waals surface area contributed by atoms with Crippen molar-refractivity contribution in [1.29, 1.82) is 5.26 Å². The van der Waals surface area contributed by atoms with Gasteiger partial charge in [0, 0.05) is 19.2 Å². The number of aliphatic hydroxyl groups is 1. The Morgan fingerprint density at radius 2 is 2.18 bits per heavy atom. The van der Waals surface area contributed by atoms with Crippen LogP contribution in [0.1, 0.15) is 24.4 Å². The molecule has 1 N–H and O–H groups in total. The first-order valence-electron chi connectivity index (χ1n) is 6.12. The lowest BCUT2D eigenvalue weighted by Crippen LogP contribution is -2.27. The maximum Gasteiger partial charge on any atom is 0.0641 e. The minimum atomic E-state index is 0.178. The average molecular weight is 230 g/mol. The molecule has 1 aliphatic rings. The zero-order valence-electron chi connectivity index (χ0n) is 9.92. The molecule has 0 radical (unpaired) electrons. The van der Waals surface area contributed by atoms with Crippen LogP contribution in [0.3, 0.4) is 0 Å². The van der Waals surface area contributed by atoms with Gasteiger partial charge in [0.1, 0.15) is 0 Å². The molecule has 1 saturated heterocycles. The third kappa shape index (κ3) is 2.85. The summed E-state index contributed by atoms with van der Waals surface area (Å²) in [7, 11) is 0. The highest BCUT2D eigenvalue weighted by Gasteiger charge is 2.28. The van der Waals surface area contributed by atoms with Crippen molar-refractivity contribution in [3.8, 4) is 6.07 Å². The van der Waals surface area contributed by atoms with E-state index in [9.17, 15) is 5.11 Å². The summed E-state index contributed by atoms with van der Waals surface area (Å²) < 4.78 is 0. The van der Waals surface area contributed by atoms with E-state index in [2.05, 4.69) is 23.1 Å². The summed E-state index contributed by atoms with van der Waals surface area (Å²) in [6, 6.07) is 12.6. The lowest BCUT2D eigenvalue weighted by atomic mass is 10.0. The summed E-state index contributed by atoms with van der Waals surface area (Å²) in [6.07, 6.45) is 1.55. The smallest absolute Gasteiger partial charge is 0.0641 e. The van der Waals surface area contributed by atoms with Crippen molar-refractivity contribution in [2.45, 2.75) is 18.9 Å². The molecule has 0 aliphatic carbocycles. The summed E-state index contributed by atoms with van der Waals surface area (Å²) in [4.78, 5) is 2.32. The first-order chi connectivity index (χ1) is 8.35. The molecule has 1 aliphatic heterocycles. The predicted octanol–water partition coefficient (Wildman–Crippen LogP) is 1.96. The number of hydrogen-bond donors (Lipinski definition) is 1. The SMILES string of the molecule is N#CCC(c1ccccc1)N1CCC(CO)C1. The van der Waals surface area contributed by atoms with Gasteiger partial charge >= 0.3 is 0 Å². The maximum absolute atomic E-state index is 9.17. The highest BCUT2D eigenvalue weighted by Crippen LogP contribution is 2.29. The Morgan fingerprint density at radius 3 is 2.76 bits per heavy atom. The summed E-state index contributed by atoms with van der Waals surface area (Å²) in [5.41, 5.74) is 1.20. The van der Waals surface area contributed by atoms with E-state index in [1.165, 1.54) is 5.56 Å². The van der Waals surface area contributed by atoms with Gasteiger partial charge in [0.2, 0.25) is 0 Å². The Balaban J connectivity index is 2.11. The van der Waals surface area contributed by atoms with Crippen molar-refractivity contribution in [3.63, 3.8) is 0 Å². The van der Waals surface area contributed by atoms with Crippen molar-refractivity contribution in [2.24, 2.45) is 5.92 Å². The molecule has 0 spiro atoms. The monoisotopic (exact) mass is 230 g/mol. The first-order valence-corrected chi connectivity index (χ1v) is 6.12. The van der Waals surface area contributed by atoms with Gasteiger partial charge < -0.3 is 5.11 Å². The molecule has 17 heavy (non-hydrogen) atoms. The Bertz CT molecular complexity index is 385. The van der Waals surface area contributed by atoms with Crippen molar-refractivity contribution in [3.05, 3.63) is 35.9 Å². The number of benzene rings is 1. The molecule has 0 bridgehead atoms. The van der Waals surface area contributed by atoms with Crippen molar-refractivity contribution < 1.29 is 5.11 Å². The summed E-state index contributed by atoms with van der Waals surface area (Å²) >= 11 is 0.